The first-order valence-electron chi connectivity index (χ1n) is 5.74. The van der Waals surface area contributed by atoms with Crippen molar-refractivity contribution in [3.8, 4) is 0 Å². The Balaban J connectivity index is 2.13. The minimum absolute atomic E-state index is 0.0292. The Morgan fingerprint density at radius 3 is 2.67 bits per heavy atom. The maximum absolute atomic E-state index is 13.2. The van der Waals surface area contributed by atoms with Crippen molar-refractivity contribution in [3.05, 3.63) is 61.8 Å². The van der Waals surface area contributed by atoms with Gasteiger partial charge in [0, 0.05) is 20.1 Å². The summed E-state index contributed by atoms with van der Waals surface area (Å²) in [5, 5.41) is 0.886. The molecule has 0 unspecified atom stereocenters. The maximum atomic E-state index is 13.2. The van der Waals surface area contributed by atoms with E-state index in [1.54, 1.807) is 18.2 Å². The van der Waals surface area contributed by atoms with Gasteiger partial charge in [0.25, 0.3) is 0 Å². The summed E-state index contributed by atoms with van der Waals surface area (Å²) in [6.45, 7) is -0.0292. The summed E-state index contributed by atoms with van der Waals surface area (Å²) in [7, 11) is 0. The Kier molecular flexibility index (Phi) is 5.08. The largest absolute Gasteiger partial charge is 0.457 e. The molecule has 0 aliphatic rings. The Bertz CT molecular complexity index is 710. The summed E-state index contributed by atoms with van der Waals surface area (Å²) >= 11 is 14.9. The van der Waals surface area contributed by atoms with Crippen molar-refractivity contribution < 1.29 is 13.9 Å². The Morgan fingerprint density at radius 1 is 1.29 bits per heavy atom. The van der Waals surface area contributed by atoms with E-state index in [1.807, 2.05) is 0 Å². The van der Waals surface area contributed by atoms with Crippen LogP contribution < -0.4 is 5.73 Å². The van der Waals surface area contributed by atoms with Crippen LogP contribution in [-0.4, -0.2) is 5.97 Å². The van der Waals surface area contributed by atoms with E-state index in [9.17, 15) is 9.18 Å². The molecule has 2 N–H and O–H groups in total. The first kappa shape index (κ1) is 16.1. The minimum Gasteiger partial charge on any atom is -0.457 e. The molecule has 2 rings (SSSR count). The average Bonchev–Trinajstić information content (AvgIpc) is 2.41. The number of ether oxygens (including phenoxy) is 1. The summed E-state index contributed by atoms with van der Waals surface area (Å²) in [5.74, 6) is -1.25. The van der Waals surface area contributed by atoms with Gasteiger partial charge in [-0.2, -0.15) is 0 Å². The molecule has 0 saturated carbocycles. The number of rotatable bonds is 3. The van der Waals surface area contributed by atoms with Crippen molar-refractivity contribution in [1.29, 1.82) is 0 Å². The number of benzene rings is 2. The summed E-state index contributed by atoms with van der Waals surface area (Å²) in [4.78, 5) is 12.0. The molecule has 0 fully saturated rings. The Morgan fingerprint density at radius 2 is 2.00 bits per heavy atom. The predicted molar refractivity (Wildman–Crippen MR) is 84.1 cm³/mol. The molecule has 3 nitrogen and oxygen atoms in total. The number of nitrogens with two attached hydrogens (primary N) is 1. The van der Waals surface area contributed by atoms with Gasteiger partial charge in [-0.1, -0.05) is 29.3 Å². The van der Waals surface area contributed by atoms with Gasteiger partial charge in [0.05, 0.1) is 11.3 Å². The smallest absolute Gasteiger partial charge is 0.339 e. The summed E-state index contributed by atoms with van der Waals surface area (Å²) in [5.41, 5.74) is 6.06. The highest BCUT2D eigenvalue weighted by molar-refractivity contribution is 9.10. The molecule has 0 amide bonds. The molecule has 0 bridgehead atoms. The van der Waals surface area contributed by atoms with Gasteiger partial charge in [0.2, 0.25) is 0 Å². The van der Waals surface area contributed by atoms with Gasteiger partial charge in [0.1, 0.15) is 12.4 Å². The second-order valence-corrected chi connectivity index (χ2v) is 5.86. The fourth-order valence-corrected chi connectivity index (χ4v) is 2.52. The third-order valence-electron chi connectivity index (χ3n) is 2.68. The number of esters is 1. The van der Waals surface area contributed by atoms with Crippen LogP contribution in [0, 0.1) is 5.82 Å². The predicted octanol–water partition coefficient (Wildman–Crippen LogP) is 4.83. The first-order chi connectivity index (χ1) is 9.88. The van der Waals surface area contributed by atoms with Gasteiger partial charge < -0.3 is 10.5 Å². The fraction of sp³-hybridized carbons (Fsp3) is 0.0714. The molecule has 2 aromatic rings. The zero-order valence-corrected chi connectivity index (χ0v) is 13.6. The van der Waals surface area contributed by atoms with Crippen LogP contribution in [0.15, 0.2) is 34.8 Å². The molecule has 0 aliphatic carbocycles. The topological polar surface area (TPSA) is 52.3 Å². The second kappa shape index (κ2) is 6.64. The third-order valence-corrected chi connectivity index (χ3v) is 3.92. The molecule has 0 aromatic heterocycles. The van der Waals surface area contributed by atoms with Crippen LogP contribution in [0.2, 0.25) is 10.0 Å². The molecule has 0 heterocycles. The zero-order valence-electron chi connectivity index (χ0n) is 10.5. The lowest BCUT2D eigenvalue weighted by Crippen LogP contribution is -2.08. The van der Waals surface area contributed by atoms with Gasteiger partial charge in [-0.05, 0) is 40.2 Å². The number of halogens is 4. The van der Waals surface area contributed by atoms with Crippen molar-refractivity contribution in [1.82, 2.24) is 0 Å². The maximum Gasteiger partial charge on any atom is 0.339 e. The number of carbonyl (C=O) groups is 1. The Labute approximate surface area is 138 Å². The van der Waals surface area contributed by atoms with Crippen molar-refractivity contribution in [2.24, 2.45) is 0 Å². The van der Waals surface area contributed by atoms with Crippen LogP contribution in [0.4, 0.5) is 10.1 Å². The van der Waals surface area contributed by atoms with Crippen molar-refractivity contribution in [2.75, 3.05) is 5.73 Å². The summed E-state index contributed by atoms with van der Waals surface area (Å²) in [6, 6.07) is 7.18. The van der Waals surface area contributed by atoms with E-state index in [-0.39, 0.29) is 22.3 Å². The van der Waals surface area contributed by atoms with Crippen LogP contribution in [0.5, 0.6) is 0 Å². The highest BCUT2D eigenvalue weighted by atomic mass is 79.9. The van der Waals surface area contributed by atoms with E-state index in [0.29, 0.717) is 15.6 Å². The monoisotopic (exact) mass is 391 g/mol. The van der Waals surface area contributed by atoms with Gasteiger partial charge in [-0.15, -0.1) is 0 Å². The van der Waals surface area contributed by atoms with E-state index in [1.165, 1.54) is 6.07 Å². The lowest BCUT2D eigenvalue weighted by molar-refractivity contribution is 0.0472. The third kappa shape index (κ3) is 3.87. The van der Waals surface area contributed by atoms with E-state index in [0.717, 1.165) is 6.07 Å². The fourth-order valence-electron chi connectivity index (χ4n) is 1.58. The SMILES string of the molecule is Nc1cc(C(=O)OCc2ccc(Cl)cc2Cl)c(Br)cc1F. The first-order valence-corrected chi connectivity index (χ1v) is 7.29. The quantitative estimate of drug-likeness (QED) is 0.600. The van der Waals surface area contributed by atoms with Crippen molar-refractivity contribution >= 4 is 50.8 Å². The second-order valence-electron chi connectivity index (χ2n) is 4.17. The number of hydrogen-bond donors (Lipinski definition) is 1. The van der Waals surface area contributed by atoms with Gasteiger partial charge in [0.15, 0.2) is 0 Å². The zero-order chi connectivity index (χ0) is 15.6. The highest BCUT2D eigenvalue weighted by Gasteiger charge is 2.15. The minimum atomic E-state index is -0.639. The molecule has 0 saturated heterocycles. The van der Waals surface area contributed by atoms with E-state index in [4.69, 9.17) is 33.7 Å². The van der Waals surface area contributed by atoms with Crippen LogP contribution in [0.25, 0.3) is 0 Å². The van der Waals surface area contributed by atoms with Gasteiger partial charge in [-0.3, -0.25) is 0 Å². The summed E-state index contributed by atoms with van der Waals surface area (Å²) in [6.07, 6.45) is 0. The van der Waals surface area contributed by atoms with Gasteiger partial charge in [-0.25, -0.2) is 9.18 Å². The normalized spacial score (nSPS) is 10.5. The van der Waals surface area contributed by atoms with Crippen LogP contribution >= 0.6 is 39.1 Å². The number of nitrogen functional groups attached to an aromatic ring is 1. The van der Waals surface area contributed by atoms with Crippen molar-refractivity contribution in [3.63, 3.8) is 0 Å². The van der Waals surface area contributed by atoms with E-state index >= 15 is 0 Å². The van der Waals surface area contributed by atoms with Gasteiger partial charge >= 0.3 is 5.97 Å². The number of hydrogen-bond acceptors (Lipinski definition) is 3. The van der Waals surface area contributed by atoms with E-state index < -0.39 is 11.8 Å². The average molecular weight is 393 g/mol. The molecule has 0 atom stereocenters. The molecule has 21 heavy (non-hydrogen) atoms. The molecule has 7 heteroatoms. The lowest BCUT2D eigenvalue weighted by atomic mass is 10.2. The van der Waals surface area contributed by atoms with Crippen LogP contribution in [-0.2, 0) is 11.3 Å². The highest BCUT2D eigenvalue weighted by Crippen LogP contribution is 2.25. The number of carbonyl (C=O) groups excluding carboxylic acids is 1. The Hall–Kier alpha value is -1.30. The standard InChI is InChI=1S/C14H9BrCl2FNO2/c15-10-5-12(18)13(19)4-9(10)14(20)21-6-7-1-2-8(16)3-11(7)17/h1-5H,6,19H2. The van der Waals surface area contributed by atoms with Crippen LogP contribution in [0.1, 0.15) is 15.9 Å². The lowest BCUT2D eigenvalue weighted by Gasteiger charge is -2.09. The number of anilines is 1. The molecule has 0 aliphatic heterocycles. The molecule has 2 aromatic carbocycles. The summed E-state index contributed by atoms with van der Waals surface area (Å²) < 4.78 is 18.6. The molecular weight excluding hydrogens is 384 g/mol. The molecule has 0 radical (unpaired) electrons. The van der Waals surface area contributed by atoms with Crippen molar-refractivity contribution in [2.45, 2.75) is 6.61 Å². The molecule has 110 valence electrons. The molecular formula is C14H9BrCl2FNO2. The van der Waals surface area contributed by atoms with Crippen LogP contribution in [0.3, 0.4) is 0 Å². The van der Waals surface area contributed by atoms with E-state index in [2.05, 4.69) is 15.9 Å². The molecule has 0 spiro atoms.